The molecule has 0 aliphatic heterocycles. The molecule has 1 saturated carbocycles. The van der Waals surface area contributed by atoms with Crippen LogP contribution in [0.5, 0.6) is 0 Å². The monoisotopic (exact) mass is 287 g/mol. The maximum Gasteiger partial charge on any atom is 0.162 e. The van der Waals surface area contributed by atoms with Gasteiger partial charge in [-0.15, -0.1) is 0 Å². The van der Waals surface area contributed by atoms with Gasteiger partial charge in [-0.2, -0.15) is 11.3 Å². The maximum absolute atomic E-state index is 4.86. The minimum Gasteiger partial charge on any atom is -0.370 e. The first-order valence-electron chi connectivity index (χ1n) is 7.44. The van der Waals surface area contributed by atoms with Crippen LogP contribution in [0.3, 0.4) is 0 Å². The Balaban J connectivity index is 2.02. The molecule has 2 aromatic rings. The molecule has 106 valence electrons. The highest BCUT2D eigenvalue weighted by atomic mass is 32.1. The van der Waals surface area contributed by atoms with E-state index in [4.69, 9.17) is 4.98 Å². The van der Waals surface area contributed by atoms with Gasteiger partial charge in [0.05, 0.1) is 0 Å². The topological polar surface area (TPSA) is 37.8 Å². The molecule has 3 nitrogen and oxygen atoms in total. The van der Waals surface area contributed by atoms with Crippen molar-refractivity contribution in [3.05, 3.63) is 28.1 Å². The van der Waals surface area contributed by atoms with Gasteiger partial charge in [-0.1, -0.05) is 12.8 Å². The molecule has 20 heavy (non-hydrogen) atoms. The number of aryl methyl sites for hydroxylation is 1. The zero-order chi connectivity index (χ0) is 13.9. The van der Waals surface area contributed by atoms with Crippen LogP contribution in [0.4, 0.5) is 5.82 Å². The van der Waals surface area contributed by atoms with Gasteiger partial charge in [0.15, 0.2) is 5.82 Å². The third-order valence-electron chi connectivity index (χ3n) is 3.97. The minimum atomic E-state index is 0.619. The Labute approximate surface area is 124 Å². The molecular formula is C16H21N3S. The van der Waals surface area contributed by atoms with Gasteiger partial charge in [-0.3, -0.25) is 0 Å². The average molecular weight is 287 g/mol. The third-order valence-corrected chi connectivity index (χ3v) is 4.84. The first kappa shape index (κ1) is 13.6. The van der Waals surface area contributed by atoms with Crippen LogP contribution in [0, 0.1) is 6.92 Å². The van der Waals surface area contributed by atoms with Crippen molar-refractivity contribution in [1.29, 1.82) is 0 Å². The zero-order valence-corrected chi connectivity index (χ0v) is 13.0. The molecule has 1 aliphatic carbocycles. The normalized spacial score (nSPS) is 15.7. The molecule has 0 bridgehead atoms. The number of nitrogens with zero attached hydrogens (tertiary/aromatic N) is 2. The van der Waals surface area contributed by atoms with E-state index in [-0.39, 0.29) is 0 Å². The Hall–Kier alpha value is -1.42. The summed E-state index contributed by atoms with van der Waals surface area (Å²) in [7, 11) is 0. The summed E-state index contributed by atoms with van der Waals surface area (Å²) in [5.41, 5.74) is 3.66. The van der Waals surface area contributed by atoms with Gasteiger partial charge in [0, 0.05) is 35.2 Å². The molecule has 2 heterocycles. The highest BCUT2D eigenvalue weighted by Gasteiger charge is 2.20. The average Bonchev–Trinajstić information content (AvgIpc) is 3.09. The summed E-state index contributed by atoms with van der Waals surface area (Å²) >= 11 is 1.72. The molecule has 1 aliphatic rings. The molecule has 0 radical (unpaired) electrons. The molecule has 2 aromatic heterocycles. The van der Waals surface area contributed by atoms with E-state index in [9.17, 15) is 0 Å². The quantitative estimate of drug-likeness (QED) is 0.892. The van der Waals surface area contributed by atoms with E-state index in [1.165, 1.54) is 42.5 Å². The van der Waals surface area contributed by atoms with E-state index in [1.54, 1.807) is 11.3 Å². The van der Waals surface area contributed by atoms with E-state index < -0.39 is 0 Å². The van der Waals surface area contributed by atoms with E-state index in [0.717, 1.165) is 18.2 Å². The molecule has 3 rings (SSSR count). The Morgan fingerprint density at radius 2 is 2.05 bits per heavy atom. The molecule has 0 amide bonds. The summed E-state index contributed by atoms with van der Waals surface area (Å²) in [4.78, 5) is 9.54. The summed E-state index contributed by atoms with van der Waals surface area (Å²) < 4.78 is 0. The molecule has 0 aromatic carbocycles. The van der Waals surface area contributed by atoms with Crippen LogP contribution in [0.25, 0.3) is 11.4 Å². The van der Waals surface area contributed by atoms with Crippen molar-refractivity contribution in [3.8, 4) is 11.4 Å². The number of aromatic nitrogens is 2. The van der Waals surface area contributed by atoms with Crippen LogP contribution in [0.2, 0.25) is 0 Å². The Bertz CT molecular complexity index is 585. The lowest BCUT2D eigenvalue weighted by atomic mass is 10.0. The number of hydrogen-bond acceptors (Lipinski definition) is 4. The van der Waals surface area contributed by atoms with Crippen molar-refractivity contribution in [1.82, 2.24) is 9.97 Å². The molecule has 0 saturated heterocycles. The molecule has 4 heteroatoms. The largest absolute Gasteiger partial charge is 0.370 e. The number of hydrogen-bond donors (Lipinski definition) is 1. The number of anilines is 1. The highest BCUT2D eigenvalue weighted by molar-refractivity contribution is 7.08. The third kappa shape index (κ3) is 2.70. The number of nitrogens with one attached hydrogen (secondary N) is 1. The standard InChI is InChI=1S/C16H21N3S/c1-3-17-15-8-14(12-6-4-5-7-12)18-16(19-15)13-10-20-9-11(13)2/h8-10,12H,3-7H2,1-2H3,(H,17,18,19). The zero-order valence-electron chi connectivity index (χ0n) is 12.1. The highest BCUT2D eigenvalue weighted by Crippen LogP contribution is 2.35. The second kappa shape index (κ2) is 5.92. The van der Waals surface area contributed by atoms with Crippen molar-refractivity contribution < 1.29 is 0 Å². The summed E-state index contributed by atoms with van der Waals surface area (Å²) in [6.45, 7) is 5.13. The SMILES string of the molecule is CCNc1cc(C2CCCC2)nc(-c2cscc2C)n1. The fourth-order valence-corrected chi connectivity index (χ4v) is 3.70. The van der Waals surface area contributed by atoms with Crippen molar-refractivity contribution in [3.63, 3.8) is 0 Å². The van der Waals surface area contributed by atoms with Crippen molar-refractivity contribution >= 4 is 17.2 Å². The van der Waals surface area contributed by atoms with Gasteiger partial charge >= 0.3 is 0 Å². The van der Waals surface area contributed by atoms with Crippen molar-refractivity contribution in [2.45, 2.75) is 45.4 Å². The van der Waals surface area contributed by atoms with Crippen LogP contribution in [0.15, 0.2) is 16.8 Å². The predicted molar refractivity (Wildman–Crippen MR) is 85.5 cm³/mol. The van der Waals surface area contributed by atoms with Gasteiger partial charge in [0.1, 0.15) is 5.82 Å². The molecule has 0 unspecified atom stereocenters. The lowest BCUT2D eigenvalue weighted by molar-refractivity contribution is 0.695. The maximum atomic E-state index is 4.86. The van der Waals surface area contributed by atoms with Crippen molar-refractivity contribution in [2.24, 2.45) is 0 Å². The van der Waals surface area contributed by atoms with Gasteiger partial charge in [-0.25, -0.2) is 9.97 Å². The Morgan fingerprint density at radius 1 is 1.25 bits per heavy atom. The van der Waals surface area contributed by atoms with Gasteiger partial charge in [0.2, 0.25) is 0 Å². The van der Waals surface area contributed by atoms with E-state index in [0.29, 0.717) is 5.92 Å². The predicted octanol–water partition coefficient (Wildman–Crippen LogP) is 4.60. The number of thiophene rings is 1. The van der Waals surface area contributed by atoms with Gasteiger partial charge in [-0.05, 0) is 37.6 Å². The summed E-state index contributed by atoms with van der Waals surface area (Å²) in [6.07, 6.45) is 5.20. The Kier molecular flexibility index (Phi) is 4.01. The van der Waals surface area contributed by atoms with Crippen LogP contribution in [-0.4, -0.2) is 16.5 Å². The van der Waals surface area contributed by atoms with Crippen LogP contribution in [0.1, 0.15) is 49.8 Å². The molecule has 0 spiro atoms. The fraction of sp³-hybridized carbons (Fsp3) is 0.500. The summed E-state index contributed by atoms with van der Waals surface area (Å²) in [5, 5.41) is 7.66. The molecule has 0 atom stereocenters. The first-order valence-corrected chi connectivity index (χ1v) is 8.38. The summed E-state index contributed by atoms with van der Waals surface area (Å²) in [5.74, 6) is 2.46. The van der Waals surface area contributed by atoms with E-state index >= 15 is 0 Å². The molecule has 1 N–H and O–H groups in total. The van der Waals surface area contributed by atoms with Gasteiger partial charge < -0.3 is 5.32 Å². The second-order valence-electron chi connectivity index (χ2n) is 5.48. The van der Waals surface area contributed by atoms with Crippen LogP contribution < -0.4 is 5.32 Å². The minimum absolute atomic E-state index is 0.619. The van der Waals surface area contributed by atoms with Crippen molar-refractivity contribution in [2.75, 3.05) is 11.9 Å². The van der Waals surface area contributed by atoms with Gasteiger partial charge in [0.25, 0.3) is 0 Å². The second-order valence-corrected chi connectivity index (χ2v) is 6.23. The molecule has 1 fully saturated rings. The smallest absolute Gasteiger partial charge is 0.162 e. The Morgan fingerprint density at radius 3 is 2.70 bits per heavy atom. The summed E-state index contributed by atoms with van der Waals surface area (Å²) in [6, 6.07) is 2.14. The van der Waals surface area contributed by atoms with Crippen LogP contribution >= 0.6 is 11.3 Å². The van der Waals surface area contributed by atoms with E-state index in [2.05, 4.69) is 41.0 Å². The fourth-order valence-electron chi connectivity index (χ4n) is 2.88. The van der Waals surface area contributed by atoms with Crippen LogP contribution in [-0.2, 0) is 0 Å². The molecular weight excluding hydrogens is 266 g/mol. The van der Waals surface area contributed by atoms with E-state index in [1.807, 2.05) is 0 Å². The lowest BCUT2D eigenvalue weighted by Crippen LogP contribution is -2.06. The first-order chi connectivity index (χ1) is 9.78. The number of rotatable bonds is 4. The lowest BCUT2D eigenvalue weighted by Gasteiger charge is -2.13.